The molecule has 1 saturated heterocycles. The van der Waals surface area contributed by atoms with Gasteiger partial charge in [0.05, 0.1) is 0 Å². The van der Waals surface area contributed by atoms with E-state index in [1.54, 1.807) is 11.1 Å². The second-order valence-electron chi connectivity index (χ2n) is 7.41. The monoisotopic (exact) mass is 424 g/mol. The summed E-state index contributed by atoms with van der Waals surface area (Å²) in [6.45, 7) is 5.83. The van der Waals surface area contributed by atoms with Gasteiger partial charge in [-0.05, 0) is 49.7 Å². The molecule has 4 rings (SSSR count). The first-order valence-corrected chi connectivity index (χ1v) is 9.94. The van der Waals surface area contributed by atoms with Crippen molar-refractivity contribution in [2.45, 2.75) is 13.8 Å². The van der Waals surface area contributed by atoms with E-state index in [4.69, 9.17) is 0 Å². The van der Waals surface area contributed by atoms with Gasteiger partial charge in [0, 0.05) is 44.0 Å². The normalized spacial score (nSPS) is 13.9. The van der Waals surface area contributed by atoms with Crippen LogP contribution in [-0.2, 0) is 0 Å². The largest absolute Gasteiger partial charge is 0.353 e. The molecule has 0 saturated carbocycles. The molecule has 160 valence electrons. The third-order valence-electron chi connectivity index (χ3n) is 5.05. The first-order chi connectivity index (χ1) is 14.9. The molecule has 7 nitrogen and oxygen atoms in total. The molecule has 1 amide bonds. The van der Waals surface area contributed by atoms with Gasteiger partial charge >= 0.3 is 0 Å². The maximum absolute atomic E-state index is 13.5. The van der Waals surface area contributed by atoms with Crippen LogP contribution in [0.25, 0.3) is 0 Å². The second-order valence-corrected chi connectivity index (χ2v) is 7.41. The van der Waals surface area contributed by atoms with Crippen molar-refractivity contribution in [3.63, 3.8) is 0 Å². The minimum atomic E-state index is -1.02. The fourth-order valence-corrected chi connectivity index (χ4v) is 3.46. The zero-order valence-electron chi connectivity index (χ0n) is 17.3. The van der Waals surface area contributed by atoms with E-state index in [1.807, 2.05) is 32.0 Å². The quantitative estimate of drug-likeness (QED) is 0.691. The van der Waals surface area contributed by atoms with Crippen LogP contribution in [0.15, 0.2) is 42.6 Å². The third-order valence-corrected chi connectivity index (χ3v) is 5.05. The number of piperazine rings is 1. The fraction of sp³-hybridized carbons (Fsp3) is 0.273. The molecule has 0 atom stereocenters. The lowest BCUT2D eigenvalue weighted by Gasteiger charge is -2.35. The molecule has 0 bridgehead atoms. The first kappa shape index (κ1) is 20.6. The summed E-state index contributed by atoms with van der Waals surface area (Å²) < 4.78 is 26.6. The van der Waals surface area contributed by atoms with Crippen LogP contribution >= 0.6 is 0 Å². The maximum atomic E-state index is 13.5. The molecular formula is C22H22F2N6O. The van der Waals surface area contributed by atoms with E-state index < -0.39 is 11.6 Å². The van der Waals surface area contributed by atoms with Gasteiger partial charge in [0.1, 0.15) is 23.3 Å². The van der Waals surface area contributed by atoms with Crippen LogP contribution in [0.4, 0.5) is 26.2 Å². The standard InChI is InChI=1S/C22H22F2N6O/c1-14-5-6-25-19(11-14)28-20-13-21(27-15(2)26-20)29-7-9-30(10-8-29)22(31)16-3-4-17(23)18(24)12-16/h3-6,11-13H,7-10H2,1-2H3,(H,25,26,27,28). The number of carbonyl (C=O) groups is 1. The Bertz CT molecular complexity index is 1110. The van der Waals surface area contributed by atoms with Crippen molar-refractivity contribution in [3.05, 3.63) is 71.2 Å². The highest BCUT2D eigenvalue weighted by Gasteiger charge is 2.24. The van der Waals surface area contributed by atoms with Gasteiger partial charge in [0.2, 0.25) is 0 Å². The number of hydrogen-bond acceptors (Lipinski definition) is 6. The smallest absolute Gasteiger partial charge is 0.254 e. The van der Waals surface area contributed by atoms with E-state index in [0.29, 0.717) is 43.6 Å². The van der Waals surface area contributed by atoms with Gasteiger partial charge in [-0.15, -0.1) is 0 Å². The minimum absolute atomic E-state index is 0.141. The Labute approximate surface area is 178 Å². The molecule has 9 heteroatoms. The predicted octanol–water partition coefficient (Wildman–Crippen LogP) is 3.47. The van der Waals surface area contributed by atoms with Crippen LogP contribution in [-0.4, -0.2) is 51.9 Å². The van der Waals surface area contributed by atoms with Crippen molar-refractivity contribution in [1.29, 1.82) is 0 Å². The summed E-state index contributed by atoms with van der Waals surface area (Å²) in [6, 6.07) is 8.92. The van der Waals surface area contributed by atoms with Gasteiger partial charge in [-0.3, -0.25) is 4.79 Å². The molecule has 3 heterocycles. The predicted molar refractivity (Wildman–Crippen MR) is 114 cm³/mol. The summed E-state index contributed by atoms with van der Waals surface area (Å²) in [4.78, 5) is 29.6. The topological polar surface area (TPSA) is 74.2 Å². The van der Waals surface area contributed by atoms with Crippen LogP contribution in [0, 0.1) is 25.5 Å². The van der Waals surface area contributed by atoms with E-state index in [0.717, 1.165) is 23.5 Å². The number of anilines is 3. The highest BCUT2D eigenvalue weighted by Crippen LogP contribution is 2.21. The molecule has 0 radical (unpaired) electrons. The third kappa shape index (κ3) is 4.76. The Kier molecular flexibility index (Phi) is 5.75. The number of nitrogens with one attached hydrogen (secondary N) is 1. The van der Waals surface area contributed by atoms with E-state index in [-0.39, 0.29) is 11.5 Å². The van der Waals surface area contributed by atoms with Gasteiger partial charge in [-0.2, -0.15) is 0 Å². The molecule has 1 aliphatic heterocycles. The molecule has 0 spiro atoms. The minimum Gasteiger partial charge on any atom is -0.353 e. The zero-order chi connectivity index (χ0) is 22.0. The van der Waals surface area contributed by atoms with Crippen LogP contribution in [0.3, 0.4) is 0 Å². The molecule has 2 aromatic heterocycles. The average molecular weight is 424 g/mol. The van der Waals surface area contributed by atoms with Gasteiger partial charge in [-0.25, -0.2) is 23.7 Å². The Hall–Kier alpha value is -3.62. The maximum Gasteiger partial charge on any atom is 0.254 e. The molecule has 3 aromatic rings. The first-order valence-electron chi connectivity index (χ1n) is 9.94. The molecule has 31 heavy (non-hydrogen) atoms. The lowest BCUT2D eigenvalue weighted by Crippen LogP contribution is -2.49. The van der Waals surface area contributed by atoms with E-state index in [2.05, 4.69) is 25.2 Å². The fourth-order valence-electron chi connectivity index (χ4n) is 3.46. The number of halogens is 2. The highest BCUT2D eigenvalue weighted by molar-refractivity contribution is 5.94. The number of pyridine rings is 1. The Morgan fingerprint density at radius 2 is 1.71 bits per heavy atom. The van der Waals surface area contributed by atoms with Crippen LogP contribution in [0.2, 0.25) is 0 Å². The molecule has 1 aromatic carbocycles. The van der Waals surface area contributed by atoms with Crippen LogP contribution < -0.4 is 10.2 Å². The van der Waals surface area contributed by atoms with Crippen molar-refractivity contribution in [1.82, 2.24) is 19.9 Å². The number of benzene rings is 1. The van der Waals surface area contributed by atoms with Crippen molar-refractivity contribution >= 4 is 23.4 Å². The van der Waals surface area contributed by atoms with Crippen molar-refractivity contribution in [3.8, 4) is 0 Å². The SMILES string of the molecule is Cc1ccnc(Nc2cc(N3CCN(C(=O)c4ccc(F)c(F)c4)CC3)nc(C)n2)c1. The lowest BCUT2D eigenvalue weighted by molar-refractivity contribution is 0.0746. The molecule has 1 aliphatic rings. The number of rotatable bonds is 4. The molecule has 0 aliphatic carbocycles. The van der Waals surface area contributed by atoms with E-state index >= 15 is 0 Å². The number of carbonyl (C=O) groups excluding carboxylic acids is 1. The van der Waals surface area contributed by atoms with Crippen LogP contribution in [0.5, 0.6) is 0 Å². The Balaban J connectivity index is 1.44. The van der Waals surface area contributed by atoms with Gasteiger partial charge < -0.3 is 15.1 Å². The van der Waals surface area contributed by atoms with Crippen molar-refractivity contribution < 1.29 is 13.6 Å². The Morgan fingerprint density at radius 1 is 0.935 bits per heavy atom. The number of hydrogen-bond donors (Lipinski definition) is 1. The number of nitrogens with zero attached hydrogens (tertiary/aromatic N) is 5. The van der Waals surface area contributed by atoms with Crippen LogP contribution in [0.1, 0.15) is 21.7 Å². The van der Waals surface area contributed by atoms with Crippen molar-refractivity contribution in [2.75, 3.05) is 36.4 Å². The molecule has 0 unspecified atom stereocenters. The lowest BCUT2D eigenvalue weighted by atomic mass is 10.1. The van der Waals surface area contributed by atoms with Gasteiger partial charge in [0.25, 0.3) is 5.91 Å². The van der Waals surface area contributed by atoms with Crippen molar-refractivity contribution in [2.24, 2.45) is 0 Å². The van der Waals surface area contributed by atoms with E-state index in [1.165, 1.54) is 6.07 Å². The summed E-state index contributed by atoms with van der Waals surface area (Å²) >= 11 is 0. The molecule has 1 fully saturated rings. The number of amides is 1. The molecular weight excluding hydrogens is 402 g/mol. The summed E-state index contributed by atoms with van der Waals surface area (Å²) in [7, 11) is 0. The summed E-state index contributed by atoms with van der Waals surface area (Å²) in [5.74, 6) is 0.405. The molecule has 1 N–H and O–H groups in total. The highest BCUT2D eigenvalue weighted by atomic mass is 19.2. The van der Waals surface area contributed by atoms with Gasteiger partial charge in [-0.1, -0.05) is 0 Å². The van der Waals surface area contributed by atoms with E-state index in [9.17, 15) is 13.6 Å². The zero-order valence-corrected chi connectivity index (χ0v) is 17.3. The summed E-state index contributed by atoms with van der Waals surface area (Å²) in [6.07, 6.45) is 1.73. The average Bonchev–Trinajstić information content (AvgIpc) is 2.75. The summed E-state index contributed by atoms with van der Waals surface area (Å²) in [5, 5.41) is 3.20. The summed E-state index contributed by atoms with van der Waals surface area (Å²) in [5.41, 5.74) is 1.23. The second kappa shape index (κ2) is 8.63. The number of aryl methyl sites for hydroxylation is 2. The number of aromatic nitrogens is 3. The van der Waals surface area contributed by atoms with Gasteiger partial charge in [0.15, 0.2) is 11.6 Å². The Morgan fingerprint density at radius 3 is 2.42 bits per heavy atom.